The maximum Gasteiger partial charge on any atom is 0.343 e. The number of unbranched alkanes of at least 4 members (excludes halogenated alkanes) is 5. The highest BCUT2D eigenvalue weighted by Gasteiger charge is 2.14. The first-order valence-corrected chi connectivity index (χ1v) is 18.7. The zero-order chi connectivity index (χ0) is 37.3. The van der Waals surface area contributed by atoms with Gasteiger partial charge in [-0.05, 0) is 123 Å². The summed E-state index contributed by atoms with van der Waals surface area (Å²) in [6.45, 7) is 6.48. The van der Waals surface area contributed by atoms with Gasteiger partial charge in [-0.3, -0.25) is 0 Å². The van der Waals surface area contributed by atoms with Gasteiger partial charge in [0.15, 0.2) is 5.13 Å². The molecular weight excluding hydrogens is 689 g/mol. The number of aryl methyl sites for hydroxylation is 1. The van der Waals surface area contributed by atoms with E-state index in [1.54, 1.807) is 59.9 Å². The van der Waals surface area contributed by atoms with Crippen LogP contribution in [0, 0.1) is 0 Å². The van der Waals surface area contributed by atoms with Gasteiger partial charge in [0.05, 0.1) is 34.6 Å². The summed E-state index contributed by atoms with van der Waals surface area (Å²) < 4.78 is 23.2. The minimum Gasteiger partial charge on any atom is -0.494 e. The second kappa shape index (κ2) is 20.3. The van der Waals surface area contributed by atoms with Crippen LogP contribution < -0.4 is 19.5 Å². The summed E-state index contributed by atoms with van der Waals surface area (Å²) in [4.78, 5) is 41.7. The molecule has 4 aromatic carbocycles. The molecule has 53 heavy (non-hydrogen) atoms. The second-order valence-electron chi connectivity index (χ2n) is 12.3. The van der Waals surface area contributed by atoms with E-state index in [0.29, 0.717) is 41.6 Å². The molecule has 0 spiro atoms. The van der Waals surface area contributed by atoms with Crippen LogP contribution in [0.5, 0.6) is 17.2 Å². The molecule has 0 bridgehead atoms. The zero-order valence-corrected chi connectivity index (χ0v) is 30.7. The number of benzene rings is 4. The van der Waals surface area contributed by atoms with E-state index in [4.69, 9.17) is 18.9 Å². The van der Waals surface area contributed by atoms with Crippen molar-refractivity contribution in [2.24, 2.45) is 0 Å². The maximum atomic E-state index is 13.2. The average Bonchev–Trinajstić information content (AvgIpc) is 3.60. The van der Waals surface area contributed by atoms with Crippen molar-refractivity contribution in [1.82, 2.24) is 4.98 Å². The van der Waals surface area contributed by atoms with Gasteiger partial charge in [0, 0.05) is 17.8 Å². The van der Waals surface area contributed by atoms with Gasteiger partial charge < -0.3 is 24.3 Å². The predicted octanol–water partition coefficient (Wildman–Crippen LogP) is 10.2. The quantitative estimate of drug-likeness (QED) is 0.0361. The van der Waals surface area contributed by atoms with Crippen LogP contribution in [0.25, 0.3) is 16.3 Å². The number of anilines is 1. The SMILES string of the molecule is C=CC(=O)OCCCCCCOc1ccc(C(=O)Oc2ccc(C(=O)Oc3ccc(CCCCC)cc3/C=C/Nc3nc4ccccc4s3)cc2)cc1. The number of rotatable bonds is 20. The zero-order valence-electron chi connectivity index (χ0n) is 29.9. The fourth-order valence-electron chi connectivity index (χ4n) is 5.34. The van der Waals surface area contributed by atoms with Gasteiger partial charge in [0.25, 0.3) is 0 Å². The summed E-state index contributed by atoms with van der Waals surface area (Å²) in [5.74, 6) is -0.0757. The minimum absolute atomic E-state index is 0.298. The van der Waals surface area contributed by atoms with Gasteiger partial charge >= 0.3 is 17.9 Å². The lowest BCUT2D eigenvalue weighted by atomic mass is 10.0. The Kier molecular flexibility index (Phi) is 14.8. The number of aromatic nitrogens is 1. The molecule has 1 aromatic heterocycles. The highest BCUT2D eigenvalue weighted by atomic mass is 32.1. The van der Waals surface area contributed by atoms with Crippen LogP contribution in [-0.4, -0.2) is 36.1 Å². The summed E-state index contributed by atoms with van der Waals surface area (Å²) in [6, 6.07) is 26.9. The van der Waals surface area contributed by atoms with Crippen LogP contribution >= 0.6 is 11.3 Å². The highest BCUT2D eigenvalue weighted by molar-refractivity contribution is 7.22. The second-order valence-corrected chi connectivity index (χ2v) is 13.3. The molecule has 0 radical (unpaired) electrons. The third-order valence-corrected chi connectivity index (χ3v) is 9.19. The molecule has 0 amide bonds. The first-order chi connectivity index (χ1) is 25.9. The standard InChI is InChI=1S/C43H44N2O7S/c1-3-5-8-13-31-16-25-38(34(30-31)26-27-44-43-45-37-14-9-10-15-39(37)53-43)52-42(48)33-19-23-36(24-20-33)51-41(47)32-17-21-35(22-18-32)49-28-11-6-7-12-29-50-40(46)4-2/h4,9-10,14-27,30H,2-3,5-8,11-13,28-29H2,1H3,(H,44,45)/b27-26+. The lowest BCUT2D eigenvalue weighted by molar-refractivity contribution is -0.137. The number of carbonyl (C=O) groups excluding carboxylic acids is 3. The normalized spacial score (nSPS) is 11.0. The van der Waals surface area contributed by atoms with Crippen LogP contribution in [0.4, 0.5) is 5.13 Å². The lowest BCUT2D eigenvalue weighted by Crippen LogP contribution is -2.11. The van der Waals surface area contributed by atoms with Crippen LogP contribution in [0.1, 0.15) is 83.7 Å². The molecular formula is C43H44N2O7S. The van der Waals surface area contributed by atoms with Gasteiger partial charge in [0.1, 0.15) is 17.2 Å². The molecule has 1 N–H and O–H groups in total. The van der Waals surface area contributed by atoms with Crippen molar-refractivity contribution in [3.05, 3.63) is 132 Å². The number of para-hydroxylation sites is 1. The largest absolute Gasteiger partial charge is 0.494 e. The molecule has 0 aliphatic carbocycles. The smallest absolute Gasteiger partial charge is 0.343 e. The third kappa shape index (κ3) is 12.2. The Morgan fingerprint density at radius 3 is 2.19 bits per heavy atom. The summed E-state index contributed by atoms with van der Waals surface area (Å²) in [6.07, 6.45) is 12.7. The molecule has 0 fully saturated rings. The number of nitrogens with one attached hydrogen (secondary N) is 1. The Bertz CT molecular complexity index is 1970. The van der Waals surface area contributed by atoms with E-state index in [1.807, 2.05) is 54.7 Å². The van der Waals surface area contributed by atoms with Crippen molar-refractivity contribution in [3.8, 4) is 17.2 Å². The number of fused-ring (bicyclic) bond motifs is 1. The van der Waals surface area contributed by atoms with Gasteiger partial charge in [-0.2, -0.15) is 0 Å². The molecule has 0 saturated heterocycles. The lowest BCUT2D eigenvalue weighted by Gasteiger charge is -2.11. The molecule has 274 valence electrons. The van der Waals surface area contributed by atoms with E-state index in [9.17, 15) is 14.4 Å². The highest BCUT2D eigenvalue weighted by Crippen LogP contribution is 2.28. The number of hydrogen-bond acceptors (Lipinski definition) is 10. The Balaban J connectivity index is 1.12. The molecule has 0 unspecified atom stereocenters. The van der Waals surface area contributed by atoms with Crippen molar-refractivity contribution >= 4 is 50.7 Å². The number of thiazole rings is 1. The van der Waals surface area contributed by atoms with Crippen molar-refractivity contribution in [3.63, 3.8) is 0 Å². The van der Waals surface area contributed by atoms with Crippen LogP contribution in [0.3, 0.4) is 0 Å². The Morgan fingerprint density at radius 1 is 0.774 bits per heavy atom. The Morgan fingerprint density at radius 2 is 1.47 bits per heavy atom. The van der Waals surface area contributed by atoms with E-state index < -0.39 is 17.9 Å². The van der Waals surface area contributed by atoms with Crippen LogP contribution in [0.2, 0.25) is 0 Å². The summed E-state index contributed by atoms with van der Waals surface area (Å²) >= 11 is 1.57. The fourth-order valence-corrected chi connectivity index (χ4v) is 6.19. The molecule has 0 saturated carbocycles. The summed E-state index contributed by atoms with van der Waals surface area (Å²) in [5, 5.41) is 4.02. The first-order valence-electron chi connectivity index (χ1n) is 17.9. The van der Waals surface area contributed by atoms with Gasteiger partial charge in [-0.15, -0.1) is 0 Å². The molecule has 0 aliphatic rings. The number of hydrogen-bond donors (Lipinski definition) is 1. The average molecular weight is 733 g/mol. The van der Waals surface area contributed by atoms with Crippen LogP contribution in [-0.2, 0) is 16.0 Å². The van der Waals surface area contributed by atoms with E-state index in [-0.39, 0.29) is 0 Å². The molecule has 5 aromatic rings. The summed E-state index contributed by atoms with van der Waals surface area (Å²) in [7, 11) is 0. The van der Waals surface area contributed by atoms with Crippen molar-refractivity contribution in [2.45, 2.75) is 58.3 Å². The van der Waals surface area contributed by atoms with Gasteiger partial charge in [0.2, 0.25) is 0 Å². The van der Waals surface area contributed by atoms with E-state index in [0.717, 1.165) is 78.4 Å². The Hall–Kier alpha value is -5.74. The molecule has 5 rings (SSSR count). The Labute approximate surface area is 314 Å². The monoisotopic (exact) mass is 732 g/mol. The third-order valence-electron chi connectivity index (χ3n) is 8.22. The summed E-state index contributed by atoms with van der Waals surface area (Å²) in [5.41, 5.74) is 3.55. The molecule has 0 atom stereocenters. The molecule has 1 heterocycles. The number of nitrogens with zero attached hydrogens (tertiary/aromatic N) is 1. The van der Waals surface area contributed by atoms with E-state index in [1.165, 1.54) is 5.56 Å². The topological polar surface area (TPSA) is 113 Å². The van der Waals surface area contributed by atoms with Crippen molar-refractivity contribution in [1.29, 1.82) is 0 Å². The van der Waals surface area contributed by atoms with Crippen molar-refractivity contribution < 1.29 is 33.3 Å². The number of carbonyl (C=O) groups is 3. The van der Waals surface area contributed by atoms with E-state index >= 15 is 0 Å². The molecule has 0 aliphatic heterocycles. The molecule has 9 nitrogen and oxygen atoms in total. The van der Waals surface area contributed by atoms with Gasteiger partial charge in [-0.1, -0.05) is 55.9 Å². The number of ether oxygens (including phenoxy) is 4. The predicted molar refractivity (Wildman–Crippen MR) is 210 cm³/mol. The fraction of sp³-hybridized carbons (Fsp3) is 0.256. The van der Waals surface area contributed by atoms with E-state index in [2.05, 4.69) is 23.8 Å². The molecule has 10 heteroatoms. The minimum atomic E-state index is -0.529. The maximum absolute atomic E-state index is 13.2. The first kappa shape index (κ1) is 38.5. The number of esters is 3. The van der Waals surface area contributed by atoms with Gasteiger partial charge in [-0.25, -0.2) is 19.4 Å². The van der Waals surface area contributed by atoms with Crippen LogP contribution in [0.15, 0.2) is 110 Å². The van der Waals surface area contributed by atoms with Crippen molar-refractivity contribution in [2.75, 3.05) is 18.5 Å².